The number of nitro groups is 1. The molecule has 0 radical (unpaired) electrons. The molecule has 8 nitrogen and oxygen atoms in total. The van der Waals surface area contributed by atoms with E-state index in [1.807, 2.05) is 0 Å². The molecule has 3 aromatic rings. The highest BCUT2D eigenvalue weighted by atomic mass is 35.5. The van der Waals surface area contributed by atoms with Gasteiger partial charge in [0, 0.05) is 27.7 Å². The zero-order chi connectivity index (χ0) is 24.0. The van der Waals surface area contributed by atoms with Crippen molar-refractivity contribution in [2.75, 3.05) is 6.61 Å². The number of halogens is 2. The number of non-ortho nitro benzene ring substituents is 1. The molecular weight excluding hydrogens is 471 g/mol. The summed E-state index contributed by atoms with van der Waals surface area (Å²) < 4.78 is 5.62. The lowest BCUT2D eigenvalue weighted by molar-refractivity contribution is -0.384. The van der Waals surface area contributed by atoms with Crippen LogP contribution in [-0.4, -0.2) is 34.6 Å². The van der Waals surface area contributed by atoms with E-state index in [1.54, 1.807) is 12.1 Å². The normalized spacial score (nSPS) is 12.5. The van der Waals surface area contributed by atoms with Gasteiger partial charge in [0.05, 0.1) is 23.1 Å². The van der Waals surface area contributed by atoms with Crippen LogP contribution in [0.3, 0.4) is 0 Å². The first-order valence-corrected chi connectivity index (χ1v) is 10.4. The van der Waals surface area contributed by atoms with Crippen molar-refractivity contribution < 1.29 is 24.4 Å². The molecule has 1 amide bonds. The number of nitrogens with zero attached hydrogens (tertiary/aromatic N) is 1. The summed E-state index contributed by atoms with van der Waals surface area (Å²) in [4.78, 5) is 35.9. The van der Waals surface area contributed by atoms with Crippen molar-refractivity contribution in [3.8, 4) is 0 Å². The van der Waals surface area contributed by atoms with Crippen molar-refractivity contribution in [3.63, 3.8) is 0 Å². The van der Waals surface area contributed by atoms with Gasteiger partial charge in [-0.1, -0.05) is 23.2 Å². The van der Waals surface area contributed by atoms with Gasteiger partial charge in [-0.05, 0) is 66.2 Å². The Kier molecular flexibility index (Phi) is 8.00. The highest BCUT2D eigenvalue weighted by Gasteiger charge is 2.29. The minimum absolute atomic E-state index is 0.160. The molecule has 2 atom stereocenters. The van der Waals surface area contributed by atoms with Gasteiger partial charge in [0.2, 0.25) is 0 Å². The highest BCUT2D eigenvalue weighted by molar-refractivity contribution is 6.31. The summed E-state index contributed by atoms with van der Waals surface area (Å²) in [5, 5.41) is 24.5. The molecule has 0 spiro atoms. The lowest BCUT2D eigenvalue weighted by atomic mass is 10.0. The predicted octanol–water partition coefficient (Wildman–Crippen LogP) is 4.59. The molecule has 0 aliphatic carbocycles. The van der Waals surface area contributed by atoms with Crippen LogP contribution in [0.5, 0.6) is 0 Å². The lowest BCUT2D eigenvalue weighted by Crippen LogP contribution is -2.43. The number of carbonyl (C=O) groups excluding carboxylic acids is 2. The third-order valence-electron chi connectivity index (χ3n) is 4.73. The van der Waals surface area contributed by atoms with Crippen LogP contribution in [-0.2, 0) is 4.74 Å². The van der Waals surface area contributed by atoms with Crippen LogP contribution < -0.4 is 5.32 Å². The summed E-state index contributed by atoms with van der Waals surface area (Å²) in [6.45, 7) is -0.575. The Morgan fingerprint density at radius 1 is 0.909 bits per heavy atom. The van der Waals surface area contributed by atoms with Crippen molar-refractivity contribution in [2.24, 2.45) is 0 Å². The van der Waals surface area contributed by atoms with Gasteiger partial charge in [0.25, 0.3) is 11.6 Å². The fourth-order valence-corrected chi connectivity index (χ4v) is 3.26. The molecule has 0 bridgehead atoms. The second kappa shape index (κ2) is 10.9. The Bertz CT molecular complexity index is 1140. The molecule has 0 aliphatic rings. The molecule has 10 heteroatoms. The highest BCUT2D eigenvalue weighted by Crippen LogP contribution is 2.26. The van der Waals surface area contributed by atoms with E-state index in [1.165, 1.54) is 60.7 Å². The Labute approximate surface area is 198 Å². The summed E-state index contributed by atoms with van der Waals surface area (Å²) in [6, 6.07) is 16.3. The van der Waals surface area contributed by atoms with Crippen LogP contribution >= 0.6 is 23.2 Å². The maximum atomic E-state index is 12.7. The molecule has 3 rings (SSSR count). The summed E-state index contributed by atoms with van der Waals surface area (Å²) in [6.07, 6.45) is -1.14. The third kappa shape index (κ3) is 6.29. The number of nitro benzene ring substituents is 1. The molecule has 0 fully saturated rings. The van der Waals surface area contributed by atoms with Crippen LogP contribution in [0, 0.1) is 10.1 Å². The van der Waals surface area contributed by atoms with Gasteiger partial charge in [-0.25, -0.2) is 4.79 Å². The molecule has 0 heterocycles. The Balaban J connectivity index is 1.90. The SMILES string of the molecule is O=C(NC(CO)C(OC(=O)c1ccc(Cl)cc1)c1ccc([N+](=O)[O-])cc1)c1ccc(Cl)cc1. The second-order valence-corrected chi connectivity index (χ2v) is 7.82. The Morgan fingerprint density at radius 3 is 1.91 bits per heavy atom. The van der Waals surface area contributed by atoms with E-state index < -0.39 is 35.6 Å². The molecule has 0 aliphatic heterocycles. The fraction of sp³-hybridized carbons (Fsp3) is 0.130. The van der Waals surface area contributed by atoms with Gasteiger partial charge in [-0.15, -0.1) is 0 Å². The van der Waals surface area contributed by atoms with Crippen LogP contribution in [0.25, 0.3) is 0 Å². The van der Waals surface area contributed by atoms with E-state index in [9.17, 15) is 24.8 Å². The molecule has 0 saturated heterocycles. The van der Waals surface area contributed by atoms with E-state index in [0.717, 1.165) is 0 Å². The number of carbonyl (C=O) groups is 2. The fourth-order valence-electron chi connectivity index (χ4n) is 3.01. The molecule has 2 N–H and O–H groups in total. The van der Waals surface area contributed by atoms with Gasteiger partial charge >= 0.3 is 5.97 Å². The number of esters is 1. The van der Waals surface area contributed by atoms with Crippen molar-refractivity contribution in [3.05, 3.63) is 110 Å². The first kappa shape index (κ1) is 24.2. The van der Waals surface area contributed by atoms with Crippen LogP contribution in [0.4, 0.5) is 5.69 Å². The van der Waals surface area contributed by atoms with E-state index in [2.05, 4.69) is 5.32 Å². The first-order chi connectivity index (χ1) is 15.8. The summed E-state index contributed by atoms with van der Waals surface area (Å²) in [5.74, 6) is -1.26. The molecular formula is C23H18Cl2N2O6. The molecule has 2 unspecified atom stereocenters. The van der Waals surface area contributed by atoms with Gasteiger partial charge in [0.1, 0.15) is 6.10 Å². The number of ether oxygens (including phenoxy) is 1. The third-order valence-corrected chi connectivity index (χ3v) is 5.24. The van der Waals surface area contributed by atoms with Crippen molar-refractivity contribution in [1.82, 2.24) is 5.32 Å². The number of nitrogens with one attached hydrogen (secondary N) is 1. The molecule has 0 saturated carbocycles. The summed E-state index contributed by atoms with van der Waals surface area (Å²) in [5.41, 5.74) is 0.669. The van der Waals surface area contributed by atoms with Crippen LogP contribution in [0.15, 0.2) is 72.8 Å². The second-order valence-electron chi connectivity index (χ2n) is 6.95. The molecule has 33 heavy (non-hydrogen) atoms. The van der Waals surface area contributed by atoms with Crippen molar-refractivity contribution in [2.45, 2.75) is 12.1 Å². The summed E-state index contributed by atoms with van der Waals surface area (Å²) in [7, 11) is 0. The van der Waals surface area contributed by atoms with Gasteiger partial charge in [0.15, 0.2) is 0 Å². The molecule has 170 valence electrons. The van der Waals surface area contributed by atoms with Crippen LogP contribution in [0.2, 0.25) is 10.0 Å². The van der Waals surface area contributed by atoms with E-state index in [0.29, 0.717) is 15.6 Å². The molecule has 3 aromatic carbocycles. The number of aliphatic hydroxyl groups is 1. The number of benzene rings is 3. The minimum Gasteiger partial charge on any atom is -0.452 e. The largest absolute Gasteiger partial charge is 0.452 e. The number of aliphatic hydroxyl groups excluding tert-OH is 1. The predicted molar refractivity (Wildman–Crippen MR) is 122 cm³/mol. The zero-order valence-corrected chi connectivity index (χ0v) is 18.5. The van der Waals surface area contributed by atoms with E-state index >= 15 is 0 Å². The lowest BCUT2D eigenvalue weighted by Gasteiger charge is -2.27. The van der Waals surface area contributed by atoms with E-state index in [4.69, 9.17) is 27.9 Å². The maximum absolute atomic E-state index is 12.7. The number of rotatable bonds is 8. The smallest absolute Gasteiger partial charge is 0.338 e. The van der Waals surface area contributed by atoms with Gasteiger partial charge < -0.3 is 15.2 Å². The van der Waals surface area contributed by atoms with Crippen molar-refractivity contribution >= 4 is 40.8 Å². The zero-order valence-electron chi connectivity index (χ0n) is 17.0. The summed E-state index contributed by atoms with van der Waals surface area (Å²) >= 11 is 11.7. The first-order valence-electron chi connectivity index (χ1n) is 9.66. The number of hydrogen-bond acceptors (Lipinski definition) is 6. The standard InChI is InChI=1S/C23H18Cl2N2O6/c24-17-7-1-15(2-8-17)22(29)26-20(13-28)21(14-5-11-19(12-6-14)27(31)32)33-23(30)16-3-9-18(25)10-4-16/h1-12,20-21,28H,13H2,(H,26,29). The van der Waals surface area contributed by atoms with Crippen LogP contribution in [0.1, 0.15) is 32.4 Å². The average Bonchev–Trinajstić information content (AvgIpc) is 2.82. The van der Waals surface area contributed by atoms with Crippen molar-refractivity contribution in [1.29, 1.82) is 0 Å². The number of hydrogen-bond donors (Lipinski definition) is 2. The van der Waals surface area contributed by atoms with Gasteiger partial charge in [-0.3, -0.25) is 14.9 Å². The quantitative estimate of drug-likeness (QED) is 0.272. The van der Waals surface area contributed by atoms with E-state index in [-0.39, 0.29) is 16.8 Å². The van der Waals surface area contributed by atoms with Gasteiger partial charge in [-0.2, -0.15) is 0 Å². The maximum Gasteiger partial charge on any atom is 0.338 e. The minimum atomic E-state index is -1.14. The Hall–Kier alpha value is -3.46. The Morgan fingerprint density at radius 2 is 1.42 bits per heavy atom. The topological polar surface area (TPSA) is 119 Å². The average molecular weight is 489 g/mol. The monoisotopic (exact) mass is 488 g/mol. The number of amides is 1. The molecule has 0 aromatic heterocycles.